The summed E-state index contributed by atoms with van der Waals surface area (Å²) in [5.74, 6) is 0.122. The van der Waals surface area contributed by atoms with Crippen molar-refractivity contribution in [1.29, 1.82) is 0 Å². The number of hydrogen-bond donors (Lipinski definition) is 1. The van der Waals surface area contributed by atoms with Crippen LogP contribution in [0.2, 0.25) is 0 Å². The standard InChI is InChI=1S/C18H24N4O2/c1-3-16(23)19-14-7-5-8-21(11-14)17(24)10-15-12-22-9-4-6-13(2)18(22)20-15/h4,6,9,12,14H,3,5,7-8,10-11H2,1-2H3,(H,19,23). The second-order valence-corrected chi connectivity index (χ2v) is 6.43. The molecule has 1 aliphatic rings. The third-order valence-corrected chi connectivity index (χ3v) is 4.52. The Balaban J connectivity index is 1.65. The van der Waals surface area contributed by atoms with Crippen LogP contribution in [-0.2, 0) is 16.0 Å². The van der Waals surface area contributed by atoms with Gasteiger partial charge in [0.1, 0.15) is 5.65 Å². The monoisotopic (exact) mass is 328 g/mol. The Hall–Kier alpha value is -2.37. The Labute approximate surface area is 141 Å². The molecule has 6 heteroatoms. The van der Waals surface area contributed by atoms with E-state index in [9.17, 15) is 9.59 Å². The quantitative estimate of drug-likeness (QED) is 0.929. The Morgan fingerprint density at radius 3 is 3.00 bits per heavy atom. The van der Waals surface area contributed by atoms with E-state index < -0.39 is 0 Å². The minimum atomic E-state index is 0.0464. The number of fused-ring (bicyclic) bond motifs is 1. The molecule has 3 heterocycles. The number of imidazole rings is 1. The van der Waals surface area contributed by atoms with E-state index in [4.69, 9.17) is 0 Å². The maximum atomic E-state index is 12.6. The maximum absolute atomic E-state index is 12.6. The molecule has 6 nitrogen and oxygen atoms in total. The lowest BCUT2D eigenvalue weighted by Gasteiger charge is -2.33. The molecule has 1 saturated heterocycles. The highest BCUT2D eigenvalue weighted by Gasteiger charge is 2.25. The van der Waals surface area contributed by atoms with E-state index in [0.29, 0.717) is 19.4 Å². The number of rotatable bonds is 4. The summed E-state index contributed by atoms with van der Waals surface area (Å²) in [5, 5.41) is 2.99. The number of hydrogen-bond acceptors (Lipinski definition) is 3. The van der Waals surface area contributed by atoms with Gasteiger partial charge >= 0.3 is 0 Å². The number of amides is 2. The molecule has 1 atom stereocenters. The Kier molecular flexibility index (Phi) is 4.83. The highest BCUT2D eigenvalue weighted by atomic mass is 16.2. The lowest BCUT2D eigenvalue weighted by molar-refractivity contribution is -0.133. The first kappa shape index (κ1) is 16.5. The van der Waals surface area contributed by atoms with E-state index in [-0.39, 0.29) is 17.9 Å². The summed E-state index contributed by atoms with van der Waals surface area (Å²) in [7, 11) is 0. The lowest BCUT2D eigenvalue weighted by atomic mass is 10.0. The van der Waals surface area contributed by atoms with E-state index >= 15 is 0 Å². The predicted molar refractivity (Wildman–Crippen MR) is 91.7 cm³/mol. The topological polar surface area (TPSA) is 66.7 Å². The van der Waals surface area contributed by atoms with Gasteiger partial charge in [0, 0.05) is 37.9 Å². The summed E-state index contributed by atoms with van der Waals surface area (Å²) in [6.07, 6.45) is 6.50. The van der Waals surface area contributed by atoms with Crippen LogP contribution in [0, 0.1) is 6.92 Å². The molecule has 0 radical (unpaired) electrons. The Morgan fingerprint density at radius 2 is 2.25 bits per heavy atom. The van der Waals surface area contributed by atoms with Crippen molar-refractivity contribution in [3.8, 4) is 0 Å². The number of likely N-dealkylation sites (tertiary alicyclic amines) is 1. The number of carbonyl (C=O) groups excluding carboxylic acids is 2. The molecule has 1 unspecified atom stereocenters. The molecule has 2 aromatic rings. The molecule has 0 aliphatic carbocycles. The molecule has 3 rings (SSSR count). The summed E-state index contributed by atoms with van der Waals surface area (Å²) in [4.78, 5) is 30.6. The van der Waals surface area contributed by atoms with Gasteiger partial charge in [-0.15, -0.1) is 0 Å². The van der Waals surface area contributed by atoms with Gasteiger partial charge in [0.05, 0.1) is 12.1 Å². The van der Waals surface area contributed by atoms with Crippen molar-refractivity contribution in [3.63, 3.8) is 0 Å². The van der Waals surface area contributed by atoms with E-state index in [1.807, 2.05) is 47.7 Å². The zero-order valence-electron chi connectivity index (χ0n) is 14.3. The van der Waals surface area contributed by atoms with Crippen molar-refractivity contribution in [2.45, 2.75) is 45.6 Å². The number of piperidine rings is 1. The van der Waals surface area contributed by atoms with Gasteiger partial charge in [-0.2, -0.15) is 0 Å². The second-order valence-electron chi connectivity index (χ2n) is 6.43. The van der Waals surface area contributed by atoms with Crippen molar-refractivity contribution in [3.05, 3.63) is 35.8 Å². The third kappa shape index (κ3) is 3.58. The number of aromatic nitrogens is 2. The molecule has 0 spiro atoms. The zero-order chi connectivity index (χ0) is 17.1. The number of carbonyl (C=O) groups is 2. The van der Waals surface area contributed by atoms with Gasteiger partial charge < -0.3 is 14.6 Å². The highest BCUT2D eigenvalue weighted by molar-refractivity contribution is 5.79. The molecule has 0 saturated carbocycles. The fraction of sp³-hybridized carbons (Fsp3) is 0.500. The van der Waals surface area contributed by atoms with Gasteiger partial charge in [-0.05, 0) is 31.4 Å². The molecule has 1 fully saturated rings. The summed E-state index contributed by atoms with van der Waals surface area (Å²) < 4.78 is 1.96. The molecule has 0 bridgehead atoms. The molecule has 1 N–H and O–H groups in total. The van der Waals surface area contributed by atoms with E-state index in [1.165, 1.54) is 0 Å². The van der Waals surface area contributed by atoms with Crippen LogP contribution < -0.4 is 5.32 Å². The summed E-state index contributed by atoms with van der Waals surface area (Å²) >= 11 is 0. The van der Waals surface area contributed by atoms with Crippen molar-refractivity contribution < 1.29 is 9.59 Å². The van der Waals surface area contributed by atoms with Gasteiger partial charge in [0.2, 0.25) is 11.8 Å². The van der Waals surface area contributed by atoms with Gasteiger partial charge in [-0.25, -0.2) is 4.98 Å². The predicted octanol–water partition coefficient (Wildman–Crippen LogP) is 1.70. The summed E-state index contributed by atoms with van der Waals surface area (Å²) in [5.41, 5.74) is 2.78. The van der Waals surface area contributed by atoms with E-state index in [2.05, 4.69) is 10.3 Å². The summed E-state index contributed by atoms with van der Waals surface area (Å²) in [6.45, 7) is 5.20. The molecule has 128 valence electrons. The van der Waals surface area contributed by atoms with Crippen LogP contribution in [0.1, 0.15) is 37.4 Å². The molecule has 2 amide bonds. The number of nitrogens with one attached hydrogen (secondary N) is 1. The van der Waals surface area contributed by atoms with Crippen LogP contribution >= 0.6 is 0 Å². The van der Waals surface area contributed by atoms with Crippen LogP contribution in [0.15, 0.2) is 24.5 Å². The molecule has 0 aromatic carbocycles. The van der Waals surface area contributed by atoms with Crippen molar-refractivity contribution in [2.24, 2.45) is 0 Å². The minimum Gasteiger partial charge on any atom is -0.352 e. The van der Waals surface area contributed by atoms with Crippen LogP contribution in [0.3, 0.4) is 0 Å². The molecule has 24 heavy (non-hydrogen) atoms. The van der Waals surface area contributed by atoms with Gasteiger partial charge in [-0.1, -0.05) is 13.0 Å². The third-order valence-electron chi connectivity index (χ3n) is 4.52. The van der Waals surface area contributed by atoms with Crippen LogP contribution in [-0.4, -0.2) is 45.2 Å². The van der Waals surface area contributed by atoms with Crippen molar-refractivity contribution in [1.82, 2.24) is 19.6 Å². The highest BCUT2D eigenvalue weighted by Crippen LogP contribution is 2.14. The van der Waals surface area contributed by atoms with Crippen LogP contribution in [0.25, 0.3) is 5.65 Å². The number of pyridine rings is 1. The van der Waals surface area contributed by atoms with Gasteiger partial charge in [0.25, 0.3) is 0 Å². The smallest absolute Gasteiger partial charge is 0.228 e. The minimum absolute atomic E-state index is 0.0464. The SMILES string of the molecule is CCC(=O)NC1CCCN(C(=O)Cc2cn3cccc(C)c3n2)C1. The van der Waals surface area contributed by atoms with E-state index in [0.717, 1.165) is 36.3 Å². The van der Waals surface area contributed by atoms with Crippen LogP contribution in [0.4, 0.5) is 0 Å². The number of aryl methyl sites for hydroxylation is 1. The molecular weight excluding hydrogens is 304 g/mol. The van der Waals surface area contributed by atoms with Crippen LogP contribution in [0.5, 0.6) is 0 Å². The summed E-state index contributed by atoms with van der Waals surface area (Å²) in [6, 6.07) is 4.05. The van der Waals surface area contributed by atoms with Crippen molar-refractivity contribution >= 4 is 17.5 Å². The fourth-order valence-corrected chi connectivity index (χ4v) is 3.21. The molecular formula is C18H24N4O2. The Bertz CT molecular complexity index is 753. The first-order valence-corrected chi connectivity index (χ1v) is 8.57. The Morgan fingerprint density at radius 1 is 1.42 bits per heavy atom. The average molecular weight is 328 g/mol. The molecule has 1 aliphatic heterocycles. The average Bonchev–Trinajstić information content (AvgIpc) is 2.99. The van der Waals surface area contributed by atoms with Crippen molar-refractivity contribution in [2.75, 3.05) is 13.1 Å². The second kappa shape index (κ2) is 7.03. The fourth-order valence-electron chi connectivity index (χ4n) is 3.21. The number of nitrogens with zero attached hydrogens (tertiary/aromatic N) is 3. The normalized spacial score (nSPS) is 17.9. The first-order valence-electron chi connectivity index (χ1n) is 8.57. The first-order chi connectivity index (χ1) is 11.6. The lowest BCUT2D eigenvalue weighted by Crippen LogP contribution is -2.49. The molecule has 2 aromatic heterocycles. The van der Waals surface area contributed by atoms with Gasteiger partial charge in [0.15, 0.2) is 0 Å². The van der Waals surface area contributed by atoms with E-state index in [1.54, 1.807) is 0 Å². The largest absolute Gasteiger partial charge is 0.352 e. The van der Waals surface area contributed by atoms with Gasteiger partial charge in [-0.3, -0.25) is 9.59 Å². The maximum Gasteiger partial charge on any atom is 0.228 e. The zero-order valence-corrected chi connectivity index (χ0v) is 14.3.